The first-order chi connectivity index (χ1) is 4.00. The zero-order valence-corrected chi connectivity index (χ0v) is 6.18. The molecule has 0 aromatic rings. The molecule has 0 bridgehead atoms. The van der Waals surface area contributed by atoms with Crippen molar-refractivity contribution in [1.29, 1.82) is 0 Å². The Labute approximate surface area is 344 Å². The van der Waals surface area contributed by atoms with Gasteiger partial charge in [0.2, 0.25) is 0 Å². The fraction of sp³-hybridized carbons (Fsp3) is 0. The predicted molar refractivity (Wildman–Crippen MR) is 96.9 cm³/mol. The zero-order chi connectivity index (χ0) is 9.00. The Hall–Kier alpha value is 10.3. The molecule has 6 N–H and O–H groups in total. The number of hydrogen-bond donors (Lipinski definition) is 6. The number of hydrogen-bond acceptors (Lipinski definition) is 2. The molecule has 0 aliphatic carbocycles. The van der Waals surface area contributed by atoms with Crippen LogP contribution in [0.25, 0.3) is 0 Å². The Bertz CT molecular complexity index is 137. The van der Waals surface area contributed by atoms with Gasteiger partial charge in [0.1, 0.15) is 0 Å². The molecule has 0 fully saturated rings. The van der Waals surface area contributed by atoms with Crippen molar-refractivity contribution in [2.24, 2.45) is 0 Å². The second-order valence-electron chi connectivity index (χ2n) is 1.03. The molecule has 0 aromatic carbocycles. The van der Waals surface area contributed by atoms with Crippen molar-refractivity contribution in [2.75, 3.05) is 0 Å². The second-order valence-corrected chi connectivity index (χ2v) is 3.08. The third-order valence-electron chi connectivity index (χ3n) is 0. The summed E-state index contributed by atoms with van der Waals surface area (Å²) >= 11 is 0. The Kier molecular flexibility index (Phi) is 133. The van der Waals surface area contributed by atoms with Crippen molar-refractivity contribution in [3.8, 4) is 0 Å². The van der Waals surface area contributed by atoms with Crippen molar-refractivity contribution in [3.05, 3.63) is 0 Å². The first-order valence-corrected chi connectivity index (χ1v) is 4.70. The van der Waals surface area contributed by atoms with Gasteiger partial charge in [-0.15, -0.1) is 0 Å². The molecule has 8 nitrogen and oxygen atoms in total. The summed E-state index contributed by atoms with van der Waals surface area (Å²) in [7, 11) is -9.28. The van der Waals surface area contributed by atoms with E-state index in [1.165, 1.54) is 0 Å². The van der Waals surface area contributed by atoms with Crippen LogP contribution < -0.4 is 0 Å². The van der Waals surface area contributed by atoms with Crippen LogP contribution in [0.3, 0.4) is 0 Å². The van der Waals surface area contributed by atoms with Gasteiger partial charge in [-0.05, 0) is 0 Å². The Morgan fingerprint density at radius 3 is 0.389 bits per heavy atom. The van der Waals surface area contributed by atoms with E-state index >= 15 is 0 Å². The first-order valence-electron chi connectivity index (χ1n) is 1.57. The van der Waals surface area contributed by atoms with Crippen LogP contribution in [0.1, 0.15) is 0 Å². The normalized spacial score (nSPS) is 6.56. The van der Waals surface area contributed by atoms with Crippen LogP contribution in [0.5, 0.6) is 0 Å². The average molecular weight is 533 g/mol. The van der Waals surface area contributed by atoms with Gasteiger partial charge in [-0.2, -0.15) is 0 Å². The van der Waals surface area contributed by atoms with Crippen LogP contribution in [0.15, 0.2) is 0 Å². The molecule has 18 heteroatoms. The molecule has 0 amide bonds. The molecule has 0 unspecified atom stereocenters. The van der Waals surface area contributed by atoms with Gasteiger partial charge in [-0.1, -0.05) is 0 Å². The summed E-state index contributed by atoms with van der Waals surface area (Å²) in [5.41, 5.74) is 0. The van der Waals surface area contributed by atoms with E-state index in [2.05, 4.69) is 0 Å². The standard InChI is InChI=1S/8Ca.2H3O4P.16H/c;;;;;;;;2*1-5(2,3)4;;;;;;;;;;;;;;;;/h;;;;;;;;2*(H3,1,2,3,4);;;;;;;;;;;;;;;;. The van der Waals surface area contributed by atoms with E-state index in [-0.39, 0.29) is 302 Å². The SMILES string of the molecule is O=P(O)(O)O.O=P(O)(O)O.[CaH2].[CaH2].[CaH2].[CaH2].[CaH2].[CaH2].[CaH2].[CaH2]. The van der Waals surface area contributed by atoms with E-state index in [1.54, 1.807) is 0 Å². The van der Waals surface area contributed by atoms with E-state index in [0.717, 1.165) is 0 Å². The van der Waals surface area contributed by atoms with Gasteiger partial charge < -0.3 is 29.4 Å². The molecule has 0 rings (SSSR count). The minimum atomic E-state index is -4.64. The topological polar surface area (TPSA) is 156 Å². The molecule has 0 saturated carbocycles. The summed E-state index contributed by atoms with van der Waals surface area (Å²) in [5.74, 6) is 0. The van der Waals surface area contributed by atoms with E-state index in [4.69, 9.17) is 38.5 Å². The van der Waals surface area contributed by atoms with Crippen LogP contribution >= 0.6 is 15.6 Å². The summed E-state index contributed by atoms with van der Waals surface area (Å²) in [4.78, 5) is 43.1. The van der Waals surface area contributed by atoms with E-state index < -0.39 is 15.6 Å². The Balaban J connectivity index is -0.00000000615. The summed E-state index contributed by atoms with van der Waals surface area (Å²) in [6.07, 6.45) is 0. The predicted octanol–water partition coefficient (Wildman–Crippen LogP) is -9.19. The number of phosphoric acid groups is 2. The second kappa shape index (κ2) is 38.0. The molecular formula is H22Ca8O8P2. The van der Waals surface area contributed by atoms with Crippen LogP contribution in [0, 0.1) is 0 Å². The summed E-state index contributed by atoms with van der Waals surface area (Å²) < 4.78 is 17.8. The molecule has 0 heterocycles. The van der Waals surface area contributed by atoms with E-state index in [9.17, 15) is 0 Å². The van der Waals surface area contributed by atoms with Crippen molar-refractivity contribution < 1.29 is 38.5 Å². The quantitative estimate of drug-likeness (QED) is 0.133. The molecule has 0 aliphatic rings. The average Bonchev–Trinajstić information content (AvgIpc) is 1.12. The van der Waals surface area contributed by atoms with Gasteiger partial charge in [0.25, 0.3) is 0 Å². The molecule has 0 radical (unpaired) electrons. The number of rotatable bonds is 0. The van der Waals surface area contributed by atoms with Gasteiger partial charge in [-0.3, -0.25) is 0 Å². The molecule has 0 aliphatic heterocycles. The first kappa shape index (κ1) is 63.0. The molecule has 0 saturated heterocycles. The van der Waals surface area contributed by atoms with Crippen LogP contribution in [-0.2, 0) is 9.13 Å². The summed E-state index contributed by atoms with van der Waals surface area (Å²) in [6.45, 7) is 0. The van der Waals surface area contributed by atoms with E-state index in [1.807, 2.05) is 0 Å². The summed E-state index contributed by atoms with van der Waals surface area (Å²) in [5, 5.41) is 0. The van der Waals surface area contributed by atoms with Gasteiger partial charge in [0.05, 0.1) is 0 Å². The maximum absolute atomic E-state index is 8.88. The zero-order valence-electron chi connectivity index (χ0n) is 4.39. The van der Waals surface area contributed by atoms with Gasteiger partial charge in [-0.25, -0.2) is 9.13 Å². The van der Waals surface area contributed by atoms with Crippen LogP contribution in [0.4, 0.5) is 0 Å². The molecule has 0 aromatic heterocycles. The molecule has 96 valence electrons. The minimum absolute atomic E-state index is 0. The monoisotopic (exact) mass is 532 g/mol. The van der Waals surface area contributed by atoms with Crippen LogP contribution in [-0.4, -0.2) is 331 Å². The van der Waals surface area contributed by atoms with Crippen molar-refractivity contribution in [1.82, 2.24) is 0 Å². The van der Waals surface area contributed by atoms with Crippen molar-refractivity contribution in [3.63, 3.8) is 0 Å². The van der Waals surface area contributed by atoms with Gasteiger partial charge >= 0.3 is 318 Å². The third-order valence-corrected chi connectivity index (χ3v) is 0. The fourth-order valence-electron chi connectivity index (χ4n) is 0. The molecule has 0 spiro atoms. The molecule has 18 heavy (non-hydrogen) atoms. The Morgan fingerprint density at radius 2 is 0.389 bits per heavy atom. The molecular weight excluding hydrogens is 511 g/mol. The Morgan fingerprint density at radius 1 is 0.389 bits per heavy atom. The molecule has 0 atom stereocenters. The van der Waals surface area contributed by atoms with Crippen molar-refractivity contribution in [2.45, 2.75) is 0 Å². The summed E-state index contributed by atoms with van der Waals surface area (Å²) in [6, 6.07) is 0. The maximum atomic E-state index is 8.88. The fourth-order valence-corrected chi connectivity index (χ4v) is 0. The van der Waals surface area contributed by atoms with Crippen molar-refractivity contribution >= 4 is 318 Å². The van der Waals surface area contributed by atoms with E-state index in [0.29, 0.717) is 0 Å². The third kappa shape index (κ3) is 159. The van der Waals surface area contributed by atoms with Gasteiger partial charge in [0.15, 0.2) is 0 Å². The van der Waals surface area contributed by atoms with Gasteiger partial charge in [0, 0.05) is 0 Å². The van der Waals surface area contributed by atoms with Crippen LogP contribution in [0.2, 0.25) is 0 Å².